The number of carbonyl (C=O) groups is 1. The second kappa shape index (κ2) is 5.48. The number of aromatic hydroxyl groups is 2. The van der Waals surface area contributed by atoms with Crippen LogP contribution in [-0.4, -0.2) is 27.6 Å². The van der Waals surface area contributed by atoms with Crippen LogP contribution in [0.4, 0.5) is 0 Å². The molecule has 0 saturated heterocycles. The predicted octanol–water partition coefficient (Wildman–Crippen LogP) is 2.69. The summed E-state index contributed by atoms with van der Waals surface area (Å²) in [7, 11) is 0. The summed E-state index contributed by atoms with van der Waals surface area (Å²) in [6.45, 7) is 1.23. The van der Waals surface area contributed by atoms with Crippen molar-refractivity contribution < 1.29 is 15.0 Å². The van der Waals surface area contributed by atoms with Gasteiger partial charge in [-0.2, -0.15) is 0 Å². The first kappa shape index (κ1) is 13.5. The number of phenolic OH excluding ortho intramolecular Hbond substituents is 2. The van der Waals surface area contributed by atoms with Gasteiger partial charge in [0, 0.05) is 24.7 Å². The molecule has 1 amide bonds. The molecular weight excluding hydrogens is 266 g/mol. The highest BCUT2D eigenvalue weighted by atomic mass is 16.3. The summed E-state index contributed by atoms with van der Waals surface area (Å²) < 4.78 is 0. The Morgan fingerprint density at radius 2 is 1.67 bits per heavy atom. The summed E-state index contributed by atoms with van der Waals surface area (Å²) >= 11 is 0. The zero-order valence-corrected chi connectivity index (χ0v) is 11.6. The van der Waals surface area contributed by atoms with Crippen molar-refractivity contribution in [3.8, 4) is 11.5 Å². The van der Waals surface area contributed by atoms with E-state index >= 15 is 0 Å². The number of rotatable bonds is 1. The zero-order chi connectivity index (χ0) is 14.8. The average Bonchev–Trinajstić information content (AvgIpc) is 2.67. The van der Waals surface area contributed by atoms with Crippen LogP contribution in [0.3, 0.4) is 0 Å². The van der Waals surface area contributed by atoms with Crippen molar-refractivity contribution in [2.75, 3.05) is 6.54 Å². The lowest BCUT2D eigenvalue weighted by molar-refractivity contribution is 0.0745. The smallest absolute Gasteiger partial charge is 0.254 e. The van der Waals surface area contributed by atoms with Crippen LogP contribution in [0.1, 0.15) is 27.9 Å². The second-order valence-corrected chi connectivity index (χ2v) is 5.34. The van der Waals surface area contributed by atoms with Crippen molar-refractivity contribution in [1.82, 2.24) is 4.90 Å². The molecule has 1 aliphatic heterocycles. The maximum atomic E-state index is 12.6. The van der Waals surface area contributed by atoms with Crippen LogP contribution < -0.4 is 0 Å². The highest BCUT2D eigenvalue weighted by molar-refractivity contribution is 5.95. The highest BCUT2D eigenvalue weighted by Gasteiger charge is 2.20. The highest BCUT2D eigenvalue weighted by Crippen LogP contribution is 2.24. The van der Waals surface area contributed by atoms with Crippen molar-refractivity contribution in [2.24, 2.45) is 0 Å². The van der Waals surface area contributed by atoms with Gasteiger partial charge in [0.2, 0.25) is 0 Å². The third-order valence-corrected chi connectivity index (χ3v) is 3.79. The van der Waals surface area contributed by atoms with E-state index in [0.29, 0.717) is 18.7 Å². The first-order valence-electron chi connectivity index (χ1n) is 7.02. The first-order valence-corrected chi connectivity index (χ1v) is 7.02. The number of hydrogen-bond donors (Lipinski definition) is 2. The summed E-state index contributed by atoms with van der Waals surface area (Å²) in [5, 5.41) is 19.0. The minimum Gasteiger partial charge on any atom is -0.508 e. The zero-order valence-electron chi connectivity index (χ0n) is 11.6. The van der Waals surface area contributed by atoms with Crippen LogP contribution in [0.25, 0.3) is 0 Å². The van der Waals surface area contributed by atoms with Crippen molar-refractivity contribution in [3.63, 3.8) is 0 Å². The number of nitrogens with zero attached hydrogens (tertiary/aromatic N) is 1. The van der Waals surface area contributed by atoms with Gasteiger partial charge >= 0.3 is 0 Å². The second-order valence-electron chi connectivity index (χ2n) is 5.34. The normalized spacial score (nSPS) is 14.4. The topological polar surface area (TPSA) is 60.8 Å². The van der Waals surface area contributed by atoms with Gasteiger partial charge in [-0.1, -0.05) is 24.3 Å². The molecule has 3 rings (SSSR count). The molecule has 0 fully saturated rings. The predicted molar refractivity (Wildman–Crippen MR) is 79.3 cm³/mol. The van der Waals surface area contributed by atoms with E-state index in [0.717, 1.165) is 18.4 Å². The van der Waals surface area contributed by atoms with E-state index in [1.54, 1.807) is 4.90 Å². The Bertz CT molecular complexity index is 661. The standard InChI is InChI=1S/C17H17NO3/c19-15-8-14(9-16(20)10-15)17(21)18-7-3-6-12-4-1-2-5-13(12)11-18/h1-2,4-5,8-10,19-20H,3,6-7,11H2. The maximum Gasteiger partial charge on any atom is 0.254 e. The minimum atomic E-state index is -0.169. The lowest BCUT2D eigenvalue weighted by Crippen LogP contribution is -2.30. The van der Waals surface area contributed by atoms with Gasteiger partial charge in [0.05, 0.1) is 0 Å². The Balaban J connectivity index is 1.88. The van der Waals surface area contributed by atoms with E-state index < -0.39 is 0 Å². The van der Waals surface area contributed by atoms with Gasteiger partial charge in [0.1, 0.15) is 11.5 Å². The lowest BCUT2D eigenvalue weighted by Gasteiger charge is -2.21. The molecule has 2 N–H and O–H groups in total. The van der Waals surface area contributed by atoms with Gasteiger partial charge in [-0.15, -0.1) is 0 Å². The van der Waals surface area contributed by atoms with Crippen LogP contribution in [0.2, 0.25) is 0 Å². The molecule has 4 heteroatoms. The number of fused-ring (bicyclic) bond motifs is 1. The first-order chi connectivity index (χ1) is 10.1. The monoisotopic (exact) mass is 283 g/mol. The molecule has 1 aliphatic rings. The molecule has 0 saturated carbocycles. The number of carbonyl (C=O) groups excluding carboxylic acids is 1. The number of benzene rings is 2. The molecule has 0 bridgehead atoms. The van der Waals surface area contributed by atoms with E-state index in [-0.39, 0.29) is 17.4 Å². The molecule has 0 spiro atoms. The number of aryl methyl sites for hydroxylation is 1. The Kier molecular flexibility index (Phi) is 3.52. The maximum absolute atomic E-state index is 12.6. The molecule has 0 aliphatic carbocycles. The SMILES string of the molecule is O=C(c1cc(O)cc(O)c1)N1CCCc2ccccc2C1. The molecule has 4 nitrogen and oxygen atoms in total. The average molecular weight is 283 g/mol. The molecule has 2 aromatic rings. The number of phenols is 2. The number of amides is 1. The molecule has 0 aromatic heterocycles. The number of hydrogen-bond acceptors (Lipinski definition) is 3. The van der Waals surface area contributed by atoms with E-state index in [1.165, 1.54) is 23.8 Å². The Labute approximate surface area is 123 Å². The Morgan fingerprint density at radius 3 is 2.38 bits per heavy atom. The van der Waals surface area contributed by atoms with E-state index in [1.807, 2.05) is 18.2 Å². The van der Waals surface area contributed by atoms with Crippen molar-refractivity contribution in [2.45, 2.75) is 19.4 Å². The summed E-state index contributed by atoms with van der Waals surface area (Å²) in [5.41, 5.74) is 2.76. The molecule has 0 atom stereocenters. The Hall–Kier alpha value is -2.49. The lowest BCUT2D eigenvalue weighted by atomic mass is 10.0. The van der Waals surface area contributed by atoms with Crippen LogP contribution in [-0.2, 0) is 13.0 Å². The molecule has 0 unspecified atom stereocenters. The van der Waals surface area contributed by atoms with Gasteiger partial charge in [0.15, 0.2) is 0 Å². The van der Waals surface area contributed by atoms with Gasteiger partial charge in [0.25, 0.3) is 5.91 Å². The molecular formula is C17H17NO3. The van der Waals surface area contributed by atoms with Gasteiger partial charge in [-0.25, -0.2) is 0 Å². The van der Waals surface area contributed by atoms with Gasteiger partial charge in [-0.3, -0.25) is 4.79 Å². The summed E-state index contributed by atoms with van der Waals surface area (Å²) in [4.78, 5) is 14.3. The third kappa shape index (κ3) is 2.84. The fourth-order valence-corrected chi connectivity index (χ4v) is 2.78. The fraction of sp³-hybridized carbons (Fsp3) is 0.235. The van der Waals surface area contributed by atoms with E-state index in [2.05, 4.69) is 6.07 Å². The quantitative estimate of drug-likeness (QED) is 0.846. The van der Waals surface area contributed by atoms with Crippen LogP contribution in [0, 0.1) is 0 Å². The molecule has 21 heavy (non-hydrogen) atoms. The third-order valence-electron chi connectivity index (χ3n) is 3.79. The largest absolute Gasteiger partial charge is 0.508 e. The van der Waals surface area contributed by atoms with Crippen LogP contribution in [0.5, 0.6) is 11.5 Å². The molecule has 2 aromatic carbocycles. The Morgan fingerprint density at radius 1 is 1.00 bits per heavy atom. The van der Waals surface area contributed by atoms with Crippen molar-refractivity contribution >= 4 is 5.91 Å². The fourth-order valence-electron chi connectivity index (χ4n) is 2.78. The van der Waals surface area contributed by atoms with Crippen molar-refractivity contribution in [1.29, 1.82) is 0 Å². The summed E-state index contributed by atoms with van der Waals surface area (Å²) in [6, 6.07) is 12.1. The summed E-state index contributed by atoms with van der Waals surface area (Å²) in [6.07, 6.45) is 1.87. The van der Waals surface area contributed by atoms with Crippen LogP contribution >= 0.6 is 0 Å². The van der Waals surface area contributed by atoms with Gasteiger partial charge < -0.3 is 15.1 Å². The summed E-state index contributed by atoms with van der Waals surface area (Å²) in [5.74, 6) is -0.375. The minimum absolute atomic E-state index is 0.103. The van der Waals surface area contributed by atoms with E-state index in [4.69, 9.17) is 0 Å². The van der Waals surface area contributed by atoms with Gasteiger partial charge in [-0.05, 0) is 36.1 Å². The van der Waals surface area contributed by atoms with E-state index in [9.17, 15) is 15.0 Å². The van der Waals surface area contributed by atoms with Crippen LogP contribution in [0.15, 0.2) is 42.5 Å². The molecule has 1 heterocycles. The molecule has 108 valence electrons. The van der Waals surface area contributed by atoms with Crippen molar-refractivity contribution in [3.05, 3.63) is 59.2 Å². The molecule has 0 radical (unpaired) electrons.